The molecule has 0 saturated heterocycles. The second-order valence-corrected chi connectivity index (χ2v) is 4.22. The maximum atomic E-state index is 8.68. The number of ether oxygens (including phenoxy) is 1. The van der Waals surface area contributed by atoms with E-state index in [1.165, 1.54) is 0 Å². The van der Waals surface area contributed by atoms with Gasteiger partial charge in [-0.15, -0.1) is 0 Å². The van der Waals surface area contributed by atoms with Gasteiger partial charge in [-0.3, -0.25) is 0 Å². The SMILES string of the molecule is COc1cc2cc(CC#N)c(Cl)nc2cc1Cl. The molecule has 2 rings (SSSR count). The van der Waals surface area contributed by atoms with Crippen LogP contribution in [0.4, 0.5) is 0 Å². The molecule has 86 valence electrons. The Morgan fingerprint density at radius 2 is 2.12 bits per heavy atom. The molecule has 1 heterocycles. The minimum atomic E-state index is 0.229. The van der Waals surface area contributed by atoms with E-state index in [1.807, 2.05) is 12.1 Å². The quantitative estimate of drug-likeness (QED) is 0.780. The second-order valence-electron chi connectivity index (χ2n) is 3.45. The summed E-state index contributed by atoms with van der Waals surface area (Å²) >= 11 is 12.0. The molecular weight excluding hydrogens is 259 g/mol. The molecule has 5 heteroatoms. The Morgan fingerprint density at radius 3 is 2.76 bits per heavy atom. The van der Waals surface area contributed by atoms with Crippen LogP contribution in [0.3, 0.4) is 0 Å². The Labute approximate surface area is 109 Å². The number of benzene rings is 1. The van der Waals surface area contributed by atoms with E-state index in [4.69, 9.17) is 33.2 Å². The third-order valence-electron chi connectivity index (χ3n) is 2.38. The first-order valence-corrected chi connectivity index (χ1v) is 5.61. The van der Waals surface area contributed by atoms with Gasteiger partial charge >= 0.3 is 0 Å². The van der Waals surface area contributed by atoms with Gasteiger partial charge in [0.15, 0.2) is 0 Å². The van der Waals surface area contributed by atoms with Gasteiger partial charge in [0.2, 0.25) is 0 Å². The summed E-state index contributed by atoms with van der Waals surface area (Å²) in [6, 6.07) is 7.35. The predicted molar refractivity (Wildman–Crippen MR) is 67.6 cm³/mol. The highest BCUT2D eigenvalue weighted by Crippen LogP contribution is 2.31. The zero-order valence-electron chi connectivity index (χ0n) is 9.00. The molecule has 1 aromatic carbocycles. The van der Waals surface area contributed by atoms with E-state index in [-0.39, 0.29) is 6.42 Å². The minimum Gasteiger partial charge on any atom is -0.495 e. The number of methoxy groups -OCH3 is 1. The monoisotopic (exact) mass is 266 g/mol. The fraction of sp³-hybridized carbons (Fsp3) is 0.167. The van der Waals surface area contributed by atoms with Gasteiger partial charge in [0, 0.05) is 10.9 Å². The van der Waals surface area contributed by atoms with Crippen LogP contribution in [-0.4, -0.2) is 12.1 Å². The molecule has 0 spiro atoms. The van der Waals surface area contributed by atoms with Crippen molar-refractivity contribution < 1.29 is 4.74 Å². The highest BCUT2D eigenvalue weighted by molar-refractivity contribution is 6.33. The zero-order valence-corrected chi connectivity index (χ0v) is 10.5. The first-order valence-electron chi connectivity index (χ1n) is 4.85. The molecule has 0 unspecified atom stereocenters. The van der Waals surface area contributed by atoms with Crippen LogP contribution in [0.5, 0.6) is 5.75 Å². The summed E-state index contributed by atoms with van der Waals surface area (Å²) in [4.78, 5) is 4.20. The lowest BCUT2D eigenvalue weighted by atomic mass is 10.1. The molecule has 17 heavy (non-hydrogen) atoms. The molecule has 0 aliphatic carbocycles. The van der Waals surface area contributed by atoms with E-state index >= 15 is 0 Å². The number of pyridine rings is 1. The van der Waals surface area contributed by atoms with E-state index in [2.05, 4.69) is 4.98 Å². The first kappa shape index (κ1) is 12.0. The number of nitrogens with zero attached hydrogens (tertiary/aromatic N) is 2. The Morgan fingerprint density at radius 1 is 1.35 bits per heavy atom. The van der Waals surface area contributed by atoms with E-state index in [1.54, 1.807) is 19.2 Å². The lowest BCUT2D eigenvalue weighted by molar-refractivity contribution is 0.415. The molecule has 0 atom stereocenters. The number of rotatable bonds is 2. The van der Waals surface area contributed by atoms with Crippen LogP contribution in [-0.2, 0) is 6.42 Å². The van der Waals surface area contributed by atoms with E-state index in [0.29, 0.717) is 27.0 Å². The number of aromatic nitrogens is 1. The second kappa shape index (κ2) is 4.79. The topological polar surface area (TPSA) is 45.9 Å². The molecule has 0 saturated carbocycles. The van der Waals surface area contributed by atoms with E-state index < -0.39 is 0 Å². The minimum absolute atomic E-state index is 0.229. The molecule has 0 amide bonds. The van der Waals surface area contributed by atoms with Crippen LogP contribution in [0, 0.1) is 11.3 Å². The normalized spacial score (nSPS) is 10.2. The summed E-state index contributed by atoms with van der Waals surface area (Å²) in [5.74, 6) is 0.575. The number of nitriles is 1. The molecule has 0 aliphatic rings. The summed E-state index contributed by atoms with van der Waals surface area (Å²) in [6.07, 6.45) is 0.229. The van der Waals surface area contributed by atoms with Gasteiger partial charge in [-0.25, -0.2) is 4.98 Å². The summed E-state index contributed by atoms with van der Waals surface area (Å²) in [5.41, 5.74) is 1.38. The summed E-state index contributed by atoms with van der Waals surface area (Å²) in [6.45, 7) is 0. The lowest BCUT2D eigenvalue weighted by Gasteiger charge is -2.07. The number of hydrogen-bond donors (Lipinski definition) is 0. The van der Waals surface area contributed by atoms with Gasteiger partial charge in [-0.2, -0.15) is 5.26 Å². The average molecular weight is 267 g/mol. The summed E-state index contributed by atoms with van der Waals surface area (Å²) in [5, 5.41) is 10.3. The largest absolute Gasteiger partial charge is 0.495 e. The third-order valence-corrected chi connectivity index (χ3v) is 3.01. The summed E-state index contributed by atoms with van der Waals surface area (Å²) in [7, 11) is 1.55. The van der Waals surface area contributed by atoms with Crippen molar-refractivity contribution in [3.05, 3.63) is 33.9 Å². The third kappa shape index (κ3) is 2.28. The van der Waals surface area contributed by atoms with Crippen molar-refractivity contribution in [1.29, 1.82) is 5.26 Å². The fourth-order valence-electron chi connectivity index (χ4n) is 1.56. The zero-order chi connectivity index (χ0) is 12.4. The average Bonchev–Trinajstić information content (AvgIpc) is 2.30. The number of halogens is 2. The van der Waals surface area contributed by atoms with Crippen molar-refractivity contribution in [2.45, 2.75) is 6.42 Å². The van der Waals surface area contributed by atoms with Crippen molar-refractivity contribution in [2.75, 3.05) is 7.11 Å². The van der Waals surface area contributed by atoms with E-state index in [0.717, 1.165) is 5.39 Å². The maximum absolute atomic E-state index is 8.68. The van der Waals surface area contributed by atoms with Crippen molar-refractivity contribution in [3.63, 3.8) is 0 Å². The van der Waals surface area contributed by atoms with Crippen molar-refractivity contribution in [3.8, 4) is 11.8 Å². The van der Waals surface area contributed by atoms with Gasteiger partial charge < -0.3 is 4.74 Å². The Balaban J connectivity index is 2.67. The van der Waals surface area contributed by atoms with E-state index in [9.17, 15) is 0 Å². The van der Waals surface area contributed by atoms with Crippen LogP contribution >= 0.6 is 23.2 Å². The van der Waals surface area contributed by atoms with Crippen LogP contribution in [0.1, 0.15) is 5.56 Å². The van der Waals surface area contributed by atoms with Crippen molar-refractivity contribution in [1.82, 2.24) is 4.98 Å². The standard InChI is InChI=1S/C12H8Cl2N2O/c1-17-11-5-8-4-7(2-3-15)12(14)16-10(8)6-9(11)13/h4-6H,2H2,1H3. The Hall–Kier alpha value is -1.50. The predicted octanol–water partition coefficient (Wildman–Crippen LogP) is 3.62. The highest BCUT2D eigenvalue weighted by atomic mass is 35.5. The smallest absolute Gasteiger partial charge is 0.138 e. The van der Waals surface area contributed by atoms with Gasteiger partial charge in [0.25, 0.3) is 0 Å². The molecule has 3 nitrogen and oxygen atoms in total. The number of fused-ring (bicyclic) bond motifs is 1. The lowest BCUT2D eigenvalue weighted by Crippen LogP contribution is -1.91. The molecule has 1 aromatic heterocycles. The Kier molecular flexibility index (Phi) is 3.37. The Bertz CT molecular complexity index is 620. The molecule has 0 bridgehead atoms. The molecule has 0 N–H and O–H groups in total. The fourth-order valence-corrected chi connectivity index (χ4v) is 2.01. The van der Waals surface area contributed by atoms with Crippen LogP contribution in [0.25, 0.3) is 10.9 Å². The maximum Gasteiger partial charge on any atom is 0.138 e. The van der Waals surface area contributed by atoms with Gasteiger partial charge in [-0.1, -0.05) is 23.2 Å². The van der Waals surface area contributed by atoms with Crippen molar-refractivity contribution in [2.24, 2.45) is 0 Å². The van der Waals surface area contributed by atoms with Crippen LogP contribution < -0.4 is 4.74 Å². The molecular formula is C12H8Cl2N2O. The molecule has 0 fully saturated rings. The van der Waals surface area contributed by atoms with Crippen LogP contribution in [0.2, 0.25) is 10.2 Å². The van der Waals surface area contributed by atoms with Gasteiger partial charge in [0.05, 0.1) is 30.1 Å². The van der Waals surface area contributed by atoms with Gasteiger partial charge in [-0.05, 0) is 18.2 Å². The molecule has 2 aromatic rings. The van der Waals surface area contributed by atoms with Crippen molar-refractivity contribution >= 4 is 34.1 Å². The van der Waals surface area contributed by atoms with Crippen LogP contribution in [0.15, 0.2) is 18.2 Å². The highest BCUT2D eigenvalue weighted by Gasteiger charge is 2.08. The van der Waals surface area contributed by atoms with Gasteiger partial charge in [0.1, 0.15) is 10.9 Å². The first-order chi connectivity index (χ1) is 8.15. The summed E-state index contributed by atoms with van der Waals surface area (Å²) < 4.78 is 5.13. The molecule has 0 aliphatic heterocycles. The number of hydrogen-bond acceptors (Lipinski definition) is 3. The molecule has 0 radical (unpaired) electrons.